The number of anilines is 1. The summed E-state index contributed by atoms with van der Waals surface area (Å²) >= 11 is 0. The molecule has 0 spiro atoms. The van der Waals surface area contributed by atoms with Crippen LogP contribution in [0, 0.1) is 0 Å². The molecule has 2 N–H and O–H groups in total. The zero-order valence-electron chi connectivity index (χ0n) is 11.1. The molecule has 2 aromatic heterocycles. The van der Waals surface area contributed by atoms with Gasteiger partial charge >= 0.3 is 0 Å². The Bertz CT molecular complexity index is 573. The standard InChI is InChI=1S/C14H19N3O2/c1-2-19-13-7-14-16-12(9-17(14)8-11(13)15)10-3-5-18-6-4-10/h7-10H,2-6,15H2,1H3. The van der Waals surface area contributed by atoms with E-state index in [-0.39, 0.29) is 0 Å². The van der Waals surface area contributed by atoms with Crippen LogP contribution in [0.2, 0.25) is 0 Å². The van der Waals surface area contributed by atoms with Crippen LogP contribution >= 0.6 is 0 Å². The molecule has 0 bridgehead atoms. The minimum absolute atomic E-state index is 0.491. The van der Waals surface area contributed by atoms with Gasteiger partial charge in [-0.2, -0.15) is 0 Å². The topological polar surface area (TPSA) is 61.8 Å². The first-order valence-electron chi connectivity index (χ1n) is 6.76. The number of hydrogen-bond acceptors (Lipinski definition) is 4. The highest BCUT2D eigenvalue weighted by Crippen LogP contribution is 2.29. The maximum atomic E-state index is 5.97. The van der Waals surface area contributed by atoms with Gasteiger partial charge in [0.1, 0.15) is 11.4 Å². The van der Waals surface area contributed by atoms with Crippen LogP contribution in [-0.2, 0) is 4.74 Å². The number of pyridine rings is 1. The Kier molecular flexibility index (Phi) is 3.29. The van der Waals surface area contributed by atoms with E-state index in [9.17, 15) is 0 Å². The van der Waals surface area contributed by atoms with Crippen molar-refractivity contribution >= 4 is 11.3 Å². The third-order valence-electron chi connectivity index (χ3n) is 3.54. The second kappa shape index (κ2) is 5.09. The number of fused-ring (bicyclic) bond motifs is 1. The van der Waals surface area contributed by atoms with E-state index in [1.807, 2.05) is 23.6 Å². The Hall–Kier alpha value is -1.75. The van der Waals surface area contributed by atoms with Crippen molar-refractivity contribution in [1.82, 2.24) is 9.38 Å². The predicted molar refractivity (Wildman–Crippen MR) is 73.6 cm³/mol. The molecule has 3 rings (SSSR count). The summed E-state index contributed by atoms with van der Waals surface area (Å²) in [6, 6.07) is 1.90. The van der Waals surface area contributed by atoms with E-state index in [0.717, 1.165) is 37.4 Å². The highest BCUT2D eigenvalue weighted by molar-refractivity contribution is 5.59. The van der Waals surface area contributed by atoms with Crippen molar-refractivity contribution in [3.8, 4) is 5.75 Å². The van der Waals surface area contributed by atoms with Gasteiger partial charge in [0.15, 0.2) is 0 Å². The highest BCUT2D eigenvalue weighted by Gasteiger charge is 2.19. The molecule has 0 unspecified atom stereocenters. The Morgan fingerprint density at radius 3 is 2.95 bits per heavy atom. The number of imidazole rings is 1. The Morgan fingerprint density at radius 2 is 2.21 bits per heavy atom. The van der Waals surface area contributed by atoms with Gasteiger partial charge in [-0.05, 0) is 19.8 Å². The van der Waals surface area contributed by atoms with Gasteiger partial charge in [0.2, 0.25) is 0 Å². The molecule has 1 fully saturated rings. The molecule has 0 aliphatic carbocycles. The normalized spacial score (nSPS) is 16.9. The van der Waals surface area contributed by atoms with E-state index in [2.05, 4.69) is 6.20 Å². The van der Waals surface area contributed by atoms with Crippen LogP contribution in [0.25, 0.3) is 5.65 Å². The SMILES string of the molecule is CCOc1cc2nc(C3CCOCC3)cn2cc1N. The lowest BCUT2D eigenvalue weighted by molar-refractivity contribution is 0.0846. The third-order valence-corrected chi connectivity index (χ3v) is 3.54. The molecule has 0 aromatic carbocycles. The Labute approximate surface area is 112 Å². The van der Waals surface area contributed by atoms with Crippen molar-refractivity contribution < 1.29 is 9.47 Å². The second-order valence-corrected chi connectivity index (χ2v) is 4.84. The van der Waals surface area contributed by atoms with E-state index >= 15 is 0 Å². The molecule has 1 saturated heterocycles. The van der Waals surface area contributed by atoms with Crippen LogP contribution in [0.4, 0.5) is 5.69 Å². The molecule has 5 nitrogen and oxygen atoms in total. The molecule has 19 heavy (non-hydrogen) atoms. The van der Waals surface area contributed by atoms with E-state index in [1.54, 1.807) is 0 Å². The summed E-state index contributed by atoms with van der Waals surface area (Å²) in [5.74, 6) is 1.20. The largest absolute Gasteiger partial charge is 0.492 e. The van der Waals surface area contributed by atoms with Crippen LogP contribution in [-0.4, -0.2) is 29.2 Å². The Morgan fingerprint density at radius 1 is 1.42 bits per heavy atom. The molecule has 0 saturated carbocycles. The van der Waals surface area contributed by atoms with Crippen molar-refractivity contribution in [3.05, 3.63) is 24.2 Å². The molecule has 5 heteroatoms. The first-order chi connectivity index (χ1) is 9.28. The maximum Gasteiger partial charge on any atom is 0.147 e. The number of rotatable bonds is 3. The van der Waals surface area contributed by atoms with Crippen molar-refractivity contribution in [2.45, 2.75) is 25.7 Å². The summed E-state index contributed by atoms with van der Waals surface area (Å²) in [5, 5.41) is 0. The predicted octanol–water partition coefficient (Wildman–Crippen LogP) is 2.21. The number of hydrogen-bond donors (Lipinski definition) is 1. The monoisotopic (exact) mass is 261 g/mol. The van der Waals surface area contributed by atoms with Crippen molar-refractivity contribution in [2.24, 2.45) is 0 Å². The van der Waals surface area contributed by atoms with Crippen LogP contribution in [0.3, 0.4) is 0 Å². The third kappa shape index (κ3) is 2.38. The number of nitrogens with two attached hydrogens (primary N) is 1. The van der Waals surface area contributed by atoms with Gasteiger partial charge in [-0.1, -0.05) is 0 Å². The molecule has 1 aliphatic heterocycles. The molecule has 0 atom stereocenters. The smallest absolute Gasteiger partial charge is 0.147 e. The molecule has 0 amide bonds. The first-order valence-corrected chi connectivity index (χ1v) is 6.76. The summed E-state index contributed by atoms with van der Waals surface area (Å²) in [6.07, 6.45) is 6.02. The van der Waals surface area contributed by atoms with Crippen molar-refractivity contribution in [1.29, 1.82) is 0 Å². The average Bonchev–Trinajstić information content (AvgIpc) is 2.83. The van der Waals surface area contributed by atoms with Crippen LogP contribution in [0.5, 0.6) is 5.75 Å². The highest BCUT2D eigenvalue weighted by atomic mass is 16.5. The quantitative estimate of drug-likeness (QED) is 0.920. The minimum atomic E-state index is 0.491. The van der Waals surface area contributed by atoms with Crippen molar-refractivity contribution in [2.75, 3.05) is 25.6 Å². The number of nitrogens with zero attached hydrogens (tertiary/aromatic N) is 2. The summed E-state index contributed by atoms with van der Waals surface area (Å²) in [7, 11) is 0. The zero-order valence-corrected chi connectivity index (χ0v) is 11.1. The molecular formula is C14H19N3O2. The number of aromatic nitrogens is 2. The fraction of sp³-hybridized carbons (Fsp3) is 0.500. The molecule has 3 heterocycles. The first kappa shape index (κ1) is 12.3. The van der Waals surface area contributed by atoms with Crippen LogP contribution < -0.4 is 10.5 Å². The van der Waals surface area contributed by atoms with E-state index < -0.39 is 0 Å². The lowest BCUT2D eigenvalue weighted by Gasteiger charge is -2.19. The second-order valence-electron chi connectivity index (χ2n) is 4.84. The minimum Gasteiger partial charge on any atom is -0.492 e. The summed E-state index contributed by atoms with van der Waals surface area (Å²) in [6.45, 7) is 4.20. The van der Waals surface area contributed by atoms with Gasteiger partial charge in [0.05, 0.1) is 18.0 Å². The maximum absolute atomic E-state index is 5.97. The van der Waals surface area contributed by atoms with E-state index in [4.69, 9.17) is 20.2 Å². The summed E-state index contributed by atoms with van der Waals surface area (Å²) in [4.78, 5) is 4.69. The lowest BCUT2D eigenvalue weighted by Crippen LogP contribution is -2.14. The van der Waals surface area contributed by atoms with E-state index in [1.165, 1.54) is 0 Å². The van der Waals surface area contributed by atoms with Crippen LogP contribution in [0.1, 0.15) is 31.4 Å². The number of nitrogen functional groups attached to an aromatic ring is 1. The molecule has 1 aliphatic rings. The van der Waals surface area contributed by atoms with Gasteiger partial charge in [-0.3, -0.25) is 0 Å². The Balaban J connectivity index is 1.95. The lowest BCUT2D eigenvalue weighted by atomic mass is 9.97. The summed E-state index contributed by atoms with van der Waals surface area (Å²) < 4.78 is 12.9. The van der Waals surface area contributed by atoms with Gasteiger partial charge in [0.25, 0.3) is 0 Å². The van der Waals surface area contributed by atoms with Gasteiger partial charge < -0.3 is 19.6 Å². The van der Waals surface area contributed by atoms with E-state index in [0.29, 0.717) is 24.0 Å². The zero-order chi connectivity index (χ0) is 13.2. The van der Waals surface area contributed by atoms with Gasteiger partial charge in [0, 0.05) is 37.6 Å². The van der Waals surface area contributed by atoms with Crippen molar-refractivity contribution in [3.63, 3.8) is 0 Å². The fourth-order valence-corrected chi connectivity index (χ4v) is 2.52. The number of ether oxygens (including phenoxy) is 2. The van der Waals surface area contributed by atoms with Gasteiger partial charge in [-0.25, -0.2) is 4.98 Å². The molecular weight excluding hydrogens is 242 g/mol. The van der Waals surface area contributed by atoms with Gasteiger partial charge in [-0.15, -0.1) is 0 Å². The molecule has 0 radical (unpaired) electrons. The molecule has 2 aromatic rings. The fourth-order valence-electron chi connectivity index (χ4n) is 2.52. The molecule has 102 valence electrons. The average molecular weight is 261 g/mol. The summed E-state index contributed by atoms with van der Waals surface area (Å²) in [5.41, 5.74) is 8.62. The van der Waals surface area contributed by atoms with Crippen LogP contribution in [0.15, 0.2) is 18.5 Å².